The number of nitrogens with zero attached hydrogens (tertiary/aromatic N) is 1. The van der Waals surface area contributed by atoms with Crippen LogP contribution in [0.4, 0.5) is 0 Å². The van der Waals surface area contributed by atoms with E-state index in [-0.39, 0.29) is 11.9 Å². The summed E-state index contributed by atoms with van der Waals surface area (Å²) in [4.78, 5) is 13.6. The SMILES string of the molecule is CCC(C(=O)NN)N1CCC(N)CC1. The van der Waals surface area contributed by atoms with Gasteiger partial charge in [-0.3, -0.25) is 15.1 Å². The Morgan fingerprint density at radius 1 is 1.57 bits per heavy atom. The molecule has 1 aliphatic heterocycles. The Labute approximate surface area is 84.8 Å². The summed E-state index contributed by atoms with van der Waals surface area (Å²) in [5.74, 6) is 5.04. The van der Waals surface area contributed by atoms with Crippen molar-refractivity contribution < 1.29 is 4.79 Å². The molecule has 1 unspecified atom stereocenters. The van der Waals surface area contributed by atoms with Gasteiger partial charge in [0.05, 0.1) is 6.04 Å². The van der Waals surface area contributed by atoms with Crippen molar-refractivity contribution in [2.24, 2.45) is 11.6 Å². The van der Waals surface area contributed by atoms with Crippen LogP contribution in [0.25, 0.3) is 0 Å². The second-order valence-corrected chi connectivity index (χ2v) is 3.81. The number of hydrogen-bond acceptors (Lipinski definition) is 4. The minimum atomic E-state index is -0.0945. The summed E-state index contributed by atoms with van der Waals surface area (Å²) in [6, 6.07) is 0.206. The van der Waals surface area contributed by atoms with E-state index in [1.54, 1.807) is 0 Å². The van der Waals surface area contributed by atoms with Crippen LogP contribution in [0.3, 0.4) is 0 Å². The number of likely N-dealkylation sites (tertiary alicyclic amines) is 1. The minimum Gasteiger partial charge on any atom is -0.328 e. The number of hydrogen-bond donors (Lipinski definition) is 3. The van der Waals surface area contributed by atoms with Crippen LogP contribution >= 0.6 is 0 Å². The quantitative estimate of drug-likeness (QED) is 0.316. The van der Waals surface area contributed by atoms with E-state index in [0.29, 0.717) is 6.04 Å². The predicted octanol–water partition coefficient (Wildman–Crippen LogP) is -0.822. The molecular formula is C9H20N4O. The molecule has 1 rings (SSSR count). The molecular weight excluding hydrogens is 180 g/mol. The monoisotopic (exact) mass is 200 g/mol. The predicted molar refractivity (Wildman–Crippen MR) is 55.2 cm³/mol. The van der Waals surface area contributed by atoms with Crippen molar-refractivity contribution in [2.75, 3.05) is 13.1 Å². The Morgan fingerprint density at radius 2 is 2.14 bits per heavy atom. The average Bonchev–Trinajstić information content (AvgIpc) is 2.21. The van der Waals surface area contributed by atoms with Gasteiger partial charge in [-0.15, -0.1) is 0 Å². The van der Waals surface area contributed by atoms with Crippen molar-refractivity contribution in [3.8, 4) is 0 Å². The van der Waals surface area contributed by atoms with Crippen LogP contribution < -0.4 is 17.0 Å². The van der Waals surface area contributed by atoms with Gasteiger partial charge in [-0.25, -0.2) is 5.84 Å². The highest BCUT2D eigenvalue weighted by molar-refractivity contribution is 5.81. The summed E-state index contributed by atoms with van der Waals surface area (Å²) in [7, 11) is 0. The summed E-state index contributed by atoms with van der Waals surface area (Å²) in [6.45, 7) is 3.79. The van der Waals surface area contributed by atoms with Gasteiger partial charge in [0, 0.05) is 19.1 Å². The number of carbonyl (C=O) groups is 1. The van der Waals surface area contributed by atoms with Crippen LogP contribution in [-0.2, 0) is 4.79 Å². The molecule has 0 aromatic heterocycles. The van der Waals surface area contributed by atoms with Crippen LogP contribution in [0.2, 0.25) is 0 Å². The highest BCUT2D eigenvalue weighted by atomic mass is 16.2. The molecule has 0 spiro atoms. The molecule has 0 radical (unpaired) electrons. The maximum atomic E-state index is 11.4. The Balaban J connectivity index is 2.48. The Morgan fingerprint density at radius 3 is 2.57 bits per heavy atom. The number of amides is 1. The van der Waals surface area contributed by atoms with Crippen LogP contribution in [0.15, 0.2) is 0 Å². The fraction of sp³-hybridized carbons (Fsp3) is 0.889. The first-order valence-electron chi connectivity index (χ1n) is 5.19. The summed E-state index contributed by atoms with van der Waals surface area (Å²) in [5.41, 5.74) is 8.01. The molecule has 1 amide bonds. The van der Waals surface area contributed by atoms with E-state index in [2.05, 4.69) is 10.3 Å². The maximum absolute atomic E-state index is 11.4. The van der Waals surface area contributed by atoms with E-state index < -0.39 is 0 Å². The van der Waals surface area contributed by atoms with Crippen molar-refractivity contribution in [3.63, 3.8) is 0 Å². The molecule has 1 atom stereocenters. The maximum Gasteiger partial charge on any atom is 0.251 e. The first-order chi connectivity index (χ1) is 6.69. The number of rotatable bonds is 3. The van der Waals surface area contributed by atoms with Crippen LogP contribution in [0.5, 0.6) is 0 Å². The molecule has 1 heterocycles. The summed E-state index contributed by atoms with van der Waals surface area (Å²) < 4.78 is 0. The molecule has 1 saturated heterocycles. The number of nitrogens with one attached hydrogen (secondary N) is 1. The van der Waals surface area contributed by atoms with Gasteiger partial charge >= 0.3 is 0 Å². The highest BCUT2D eigenvalue weighted by Crippen LogP contribution is 2.13. The average molecular weight is 200 g/mol. The van der Waals surface area contributed by atoms with Crippen molar-refractivity contribution in [1.82, 2.24) is 10.3 Å². The lowest BCUT2D eigenvalue weighted by Crippen LogP contribution is -2.52. The van der Waals surface area contributed by atoms with Crippen LogP contribution in [-0.4, -0.2) is 36.0 Å². The molecule has 5 nitrogen and oxygen atoms in total. The Bertz CT molecular complexity index is 189. The smallest absolute Gasteiger partial charge is 0.251 e. The zero-order chi connectivity index (χ0) is 10.6. The van der Waals surface area contributed by atoms with E-state index in [1.807, 2.05) is 6.92 Å². The lowest BCUT2D eigenvalue weighted by Gasteiger charge is -2.34. The molecule has 0 saturated carbocycles. The molecule has 14 heavy (non-hydrogen) atoms. The Kier molecular flexibility index (Phi) is 4.31. The minimum absolute atomic E-state index is 0.0903. The lowest BCUT2D eigenvalue weighted by atomic mass is 10.0. The molecule has 1 aliphatic rings. The first-order valence-corrected chi connectivity index (χ1v) is 5.19. The fourth-order valence-electron chi connectivity index (χ4n) is 1.94. The van der Waals surface area contributed by atoms with Crippen LogP contribution in [0, 0.1) is 0 Å². The third kappa shape index (κ3) is 2.67. The standard InChI is InChI=1S/C9H20N4O/c1-2-8(9(14)12-11)13-5-3-7(10)4-6-13/h7-8H,2-6,10-11H2,1H3,(H,12,14). The van der Waals surface area contributed by atoms with Gasteiger partial charge in [0.1, 0.15) is 0 Å². The molecule has 0 bridgehead atoms. The Hall–Kier alpha value is -0.650. The third-order valence-corrected chi connectivity index (χ3v) is 2.85. The molecule has 5 N–H and O–H groups in total. The van der Waals surface area contributed by atoms with Crippen molar-refractivity contribution in [1.29, 1.82) is 0 Å². The summed E-state index contributed by atoms with van der Waals surface area (Å²) in [6.07, 6.45) is 2.72. The number of carbonyl (C=O) groups excluding carboxylic acids is 1. The second-order valence-electron chi connectivity index (χ2n) is 3.81. The highest BCUT2D eigenvalue weighted by Gasteiger charge is 2.26. The number of piperidine rings is 1. The van der Waals surface area contributed by atoms with Gasteiger partial charge in [0.2, 0.25) is 0 Å². The van der Waals surface area contributed by atoms with Gasteiger partial charge in [-0.1, -0.05) is 6.92 Å². The normalized spacial score (nSPS) is 21.9. The second kappa shape index (κ2) is 5.29. The van der Waals surface area contributed by atoms with Gasteiger partial charge < -0.3 is 5.73 Å². The molecule has 0 aromatic carbocycles. The van der Waals surface area contributed by atoms with Crippen molar-refractivity contribution >= 4 is 5.91 Å². The van der Waals surface area contributed by atoms with Gasteiger partial charge in [0.15, 0.2) is 0 Å². The summed E-state index contributed by atoms with van der Waals surface area (Å²) in [5, 5.41) is 0. The van der Waals surface area contributed by atoms with E-state index in [9.17, 15) is 4.79 Å². The molecule has 82 valence electrons. The lowest BCUT2D eigenvalue weighted by molar-refractivity contribution is -0.127. The van der Waals surface area contributed by atoms with E-state index in [0.717, 1.165) is 32.4 Å². The molecule has 0 aromatic rings. The number of nitrogens with two attached hydrogens (primary N) is 2. The van der Waals surface area contributed by atoms with Gasteiger partial charge in [-0.2, -0.15) is 0 Å². The fourth-order valence-corrected chi connectivity index (χ4v) is 1.94. The van der Waals surface area contributed by atoms with E-state index in [4.69, 9.17) is 11.6 Å². The van der Waals surface area contributed by atoms with Crippen LogP contribution in [0.1, 0.15) is 26.2 Å². The molecule has 1 fully saturated rings. The van der Waals surface area contributed by atoms with E-state index in [1.165, 1.54) is 0 Å². The number of hydrazine groups is 1. The first kappa shape index (κ1) is 11.4. The van der Waals surface area contributed by atoms with Gasteiger partial charge in [0.25, 0.3) is 5.91 Å². The molecule has 5 heteroatoms. The molecule has 0 aliphatic carbocycles. The van der Waals surface area contributed by atoms with Gasteiger partial charge in [-0.05, 0) is 19.3 Å². The third-order valence-electron chi connectivity index (χ3n) is 2.85. The zero-order valence-corrected chi connectivity index (χ0v) is 8.70. The van der Waals surface area contributed by atoms with Crippen molar-refractivity contribution in [2.45, 2.75) is 38.3 Å². The van der Waals surface area contributed by atoms with Crippen molar-refractivity contribution in [3.05, 3.63) is 0 Å². The summed E-state index contributed by atoms with van der Waals surface area (Å²) >= 11 is 0. The van der Waals surface area contributed by atoms with E-state index >= 15 is 0 Å². The topological polar surface area (TPSA) is 84.4 Å². The largest absolute Gasteiger partial charge is 0.328 e. The zero-order valence-electron chi connectivity index (χ0n) is 8.70.